The number of rotatable bonds is 11. The Morgan fingerprint density at radius 2 is 1.67 bits per heavy atom. The average molecular weight is 488 g/mol. The maximum atomic E-state index is 13.1. The minimum atomic E-state index is -3.59. The molecule has 1 heterocycles. The summed E-state index contributed by atoms with van der Waals surface area (Å²) in [5, 5.41) is 3.39. The third-order valence-electron chi connectivity index (χ3n) is 5.57. The van der Waals surface area contributed by atoms with E-state index in [1.165, 1.54) is 23.5 Å². The molecule has 1 N–H and O–H groups in total. The van der Waals surface area contributed by atoms with Gasteiger partial charge in [0.05, 0.1) is 15.1 Å². The van der Waals surface area contributed by atoms with Crippen LogP contribution < -0.4 is 5.32 Å². The number of carbonyl (C=O) groups is 1. The van der Waals surface area contributed by atoms with Crippen LogP contribution in [0.3, 0.4) is 0 Å². The first-order valence-electron chi connectivity index (χ1n) is 11.6. The molecule has 0 saturated carbocycles. The molecule has 0 spiro atoms. The van der Waals surface area contributed by atoms with Crippen molar-refractivity contribution in [2.75, 3.05) is 18.4 Å². The molecule has 0 bridgehead atoms. The van der Waals surface area contributed by atoms with E-state index >= 15 is 0 Å². The van der Waals surface area contributed by atoms with Crippen LogP contribution in [0.15, 0.2) is 47.4 Å². The van der Waals surface area contributed by atoms with Gasteiger partial charge in [0.25, 0.3) is 5.91 Å². The van der Waals surface area contributed by atoms with Crippen LogP contribution in [-0.4, -0.2) is 36.7 Å². The van der Waals surface area contributed by atoms with Crippen LogP contribution in [0.4, 0.5) is 5.13 Å². The molecule has 0 atom stereocenters. The molecule has 1 aromatic heterocycles. The van der Waals surface area contributed by atoms with Gasteiger partial charge < -0.3 is 0 Å². The topological polar surface area (TPSA) is 79.4 Å². The van der Waals surface area contributed by atoms with Crippen molar-refractivity contribution in [2.45, 2.75) is 64.2 Å². The third-order valence-corrected chi connectivity index (χ3v) is 8.42. The molecule has 0 unspecified atom stereocenters. The SMILES string of the molecule is CCCCN(CCCC)S(=O)(=O)c1ccc(C(=O)Nc2nc3c(C(C)C)cccc3s2)cc1. The highest BCUT2D eigenvalue weighted by Gasteiger charge is 2.24. The lowest BCUT2D eigenvalue weighted by atomic mass is 10.0. The van der Waals surface area contributed by atoms with E-state index in [4.69, 9.17) is 0 Å². The molecule has 1 amide bonds. The van der Waals surface area contributed by atoms with Gasteiger partial charge in [-0.25, -0.2) is 13.4 Å². The minimum absolute atomic E-state index is 0.216. The Bertz CT molecular complexity index is 1180. The fraction of sp³-hybridized carbons (Fsp3) is 0.440. The number of nitrogens with one attached hydrogen (secondary N) is 1. The molecule has 0 aliphatic carbocycles. The molecular weight excluding hydrogens is 454 g/mol. The zero-order valence-electron chi connectivity index (χ0n) is 19.8. The summed E-state index contributed by atoms with van der Waals surface area (Å²) in [5.74, 6) is 0.0287. The van der Waals surface area contributed by atoms with Crippen molar-refractivity contribution in [3.63, 3.8) is 0 Å². The highest BCUT2D eigenvalue weighted by molar-refractivity contribution is 7.89. The van der Waals surface area contributed by atoms with Gasteiger partial charge in [-0.1, -0.05) is 64.0 Å². The van der Waals surface area contributed by atoms with Gasteiger partial charge in [-0.05, 0) is 54.7 Å². The molecule has 6 nitrogen and oxygen atoms in total. The molecule has 0 radical (unpaired) electrons. The van der Waals surface area contributed by atoms with Crippen LogP contribution in [0.25, 0.3) is 10.2 Å². The van der Waals surface area contributed by atoms with E-state index in [-0.39, 0.29) is 10.8 Å². The summed E-state index contributed by atoms with van der Waals surface area (Å²) in [6.07, 6.45) is 3.51. The Kier molecular flexibility index (Phi) is 8.62. The fourth-order valence-corrected chi connectivity index (χ4v) is 6.02. The predicted octanol–water partition coefficient (Wildman–Crippen LogP) is 6.26. The lowest BCUT2D eigenvalue weighted by Crippen LogP contribution is -2.33. The summed E-state index contributed by atoms with van der Waals surface area (Å²) in [6.45, 7) is 9.36. The second kappa shape index (κ2) is 11.2. The van der Waals surface area contributed by atoms with Gasteiger partial charge in [-0.2, -0.15) is 4.31 Å². The fourth-order valence-electron chi connectivity index (χ4n) is 3.61. The zero-order chi connectivity index (χ0) is 24.0. The van der Waals surface area contributed by atoms with Crippen LogP contribution in [0.5, 0.6) is 0 Å². The van der Waals surface area contributed by atoms with Crippen LogP contribution in [0, 0.1) is 0 Å². The first-order chi connectivity index (χ1) is 15.8. The van der Waals surface area contributed by atoms with E-state index in [1.54, 1.807) is 16.4 Å². The molecule has 0 aliphatic rings. The predicted molar refractivity (Wildman–Crippen MR) is 137 cm³/mol. The maximum Gasteiger partial charge on any atom is 0.257 e. The number of nitrogens with zero attached hydrogens (tertiary/aromatic N) is 2. The number of para-hydroxylation sites is 1. The van der Waals surface area contributed by atoms with Crippen molar-refractivity contribution in [1.29, 1.82) is 0 Å². The van der Waals surface area contributed by atoms with Crippen LogP contribution >= 0.6 is 11.3 Å². The molecular formula is C25H33N3O3S2. The van der Waals surface area contributed by atoms with E-state index in [1.807, 2.05) is 26.0 Å². The maximum absolute atomic E-state index is 13.1. The highest BCUT2D eigenvalue weighted by atomic mass is 32.2. The van der Waals surface area contributed by atoms with Crippen molar-refractivity contribution < 1.29 is 13.2 Å². The van der Waals surface area contributed by atoms with Gasteiger partial charge >= 0.3 is 0 Å². The summed E-state index contributed by atoms with van der Waals surface area (Å²) < 4.78 is 28.8. The Hall–Kier alpha value is -2.29. The number of amides is 1. The largest absolute Gasteiger partial charge is 0.298 e. The number of fused-ring (bicyclic) bond motifs is 1. The van der Waals surface area contributed by atoms with Crippen molar-refractivity contribution >= 4 is 42.6 Å². The molecule has 0 saturated heterocycles. The Labute approximate surface area is 201 Å². The average Bonchev–Trinajstić information content (AvgIpc) is 3.21. The molecule has 178 valence electrons. The highest BCUT2D eigenvalue weighted by Crippen LogP contribution is 2.31. The van der Waals surface area contributed by atoms with Gasteiger partial charge in [0.15, 0.2) is 5.13 Å². The molecule has 8 heteroatoms. The van der Waals surface area contributed by atoms with Gasteiger partial charge in [-0.15, -0.1) is 0 Å². The molecule has 0 fully saturated rings. The minimum Gasteiger partial charge on any atom is -0.298 e. The number of benzene rings is 2. The van der Waals surface area contributed by atoms with E-state index in [9.17, 15) is 13.2 Å². The van der Waals surface area contributed by atoms with Gasteiger partial charge in [0, 0.05) is 18.7 Å². The molecule has 2 aromatic carbocycles. The van der Waals surface area contributed by atoms with Gasteiger partial charge in [0.1, 0.15) is 0 Å². The normalized spacial score (nSPS) is 12.1. The Morgan fingerprint density at radius 3 is 2.24 bits per heavy atom. The number of unbranched alkanes of at least 4 members (excludes halogenated alkanes) is 2. The first kappa shape index (κ1) is 25.3. The molecule has 33 heavy (non-hydrogen) atoms. The molecule has 3 aromatic rings. The van der Waals surface area contributed by atoms with Gasteiger partial charge in [-0.3, -0.25) is 10.1 Å². The molecule has 0 aliphatic heterocycles. The summed E-state index contributed by atoms with van der Waals surface area (Å²) in [4.78, 5) is 17.6. The second-order valence-electron chi connectivity index (χ2n) is 8.46. The van der Waals surface area contributed by atoms with Crippen molar-refractivity contribution in [1.82, 2.24) is 9.29 Å². The Balaban J connectivity index is 1.77. The second-order valence-corrected chi connectivity index (χ2v) is 11.4. The van der Waals surface area contributed by atoms with E-state index in [2.05, 4.69) is 30.2 Å². The van der Waals surface area contributed by atoms with Gasteiger partial charge in [0.2, 0.25) is 10.0 Å². The van der Waals surface area contributed by atoms with Crippen LogP contribution in [-0.2, 0) is 10.0 Å². The zero-order valence-corrected chi connectivity index (χ0v) is 21.4. The summed E-state index contributed by atoms with van der Waals surface area (Å²) in [5.41, 5.74) is 2.45. The van der Waals surface area contributed by atoms with Crippen molar-refractivity contribution in [2.24, 2.45) is 0 Å². The summed E-state index contributed by atoms with van der Waals surface area (Å²) in [6, 6.07) is 12.2. The number of thiazole rings is 1. The number of anilines is 1. The third kappa shape index (κ3) is 5.99. The van der Waals surface area contributed by atoms with E-state index in [0.29, 0.717) is 29.7 Å². The lowest BCUT2D eigenvalue weighted by molar-refractivity contribution is 0.102. The Morgan fingerprint density at radius 1 is 1.03 bits per heavy atom. The van der Waals surface area contributed by atoms with E-state index < -0.39 is 10.0 Å². The summed E-state index contributed by atoms with van der Waals surface area (Å²) >= 11 is 1.43. The smallest absolute Gasteiger partial charge is 0.257 e. The number of hydrogen-bond acceptors (Lipinski definition) is 5. The van der Waals surface area contributed by atoms with Crippen LogP contribution in [0.1, 0.15) is 75.2 Å². The van der Waals surface area contributed by atoms with Crippen LogP contribution in [0.2, 0.25) is 0 Å². The standard InChI is InChI=1S/C25H33N3O3S2/c1-5-7-16-28(17-8-6-2)33(30,31)20-14-12-19(13-15-20)24(29)27-25-26-23-21(18(3)4)10-9-11-22(23)32-25/h9-15,18H,5-8,16-17H2,1-4H3,(H,26,27,29). The lowest BCUT2D eigenvalue weighted by Gasteiger charge is -2.22. The first-order valence-corrected chi connectivity index (χ1v) is 13.8. The number of aromatic nitrogens is 1. The number of hydrogen-bond donors (Lipinski definition) is 1. The quantitative estimate of drug-likeness (QED) is 0.346. The molecule has 3 rings (SSSR count). The monoisotopic (exact) mass is 487 g/mol. The van der Waals surface area contributed by atoms with Crippen molar-refractivity contribution in [3.05, 3.63) is 53.6 Å². The summed E-state index contributed by atoms with van der Waals surface area (Å²) in [7, 11) is -3.59. The number of sulfonamides is 1. The number of carbonyl (C=O) groups excluding carboxylic acids is 1. The van der Waals surface area contributed by atoms with E-state index in [0.717, 1.165) is 41.5 Å². The van der Waals surface area contributed by atoms with Crippen molar-refractivity contribution in [3.8, 4) is 0 Å².